The molecule has 1 aromatic carbocycles. The minimum absolute atomic E-state index is 0.00373. The fraction of sp³-hybridized carbons (Fsp3) is 0.304. The summed E-state index contributed by atoms with van der Waals surface area (Å²) in [6.07, 6.45) is 5.97. The van der Waals surface area contributed by atoms with Gasteiger partial charge < -0.3 is 4.74 Å². The lowest BCUT2D eigenvalue weighted by molar-refractivity contribution is 0.00455. The molecule has 33 heavy (non-hydrogen) atoms. The summed E-state index contributed by atoms with van der Waals surface area (Å²) in [6.45, 7) is 1.80. The van der Waals surface area contributed by atoms with Crippen molar-refractivity contribution < 1.29 is 17.9 Å². The molecule has 1 saturated heterocycles. The zero-order chi connectivity index (χ0) is 23.3. The van der Waals surface area contributed by atoms with Crippen LogP contribution in [-0.2, 0) is 11.8 Å². The van der Waals surface area contributed by atoms with Crippen LogP contribution < -0.4 is 5.56 Å². The molecule has 0 aliphatic carbocycles. The third-order valence-corrected chi connectivity index (χ3v) is 5.93. The van der Waals surface area contributed by atoms with Crippen molar-refractivity contribution in [1.82, 2.24) is 24.1 Å². The van der Waals surface area contributed by atoms with Crippen LogP contribution in [0.2, 0.25) is 0 Å². The first kappa shape index (κ1) is 21.3. The summed E-state index contributed by atoms with van der Waals surface area (Å²) in [4.78, 5) is 21.5. The Bertz CT molecular complexity index is 1430. The van der Waals surface area contributed by atoms with Gasteiger partial charge in [-0.15, -0.1) is 0 Å². The van der Waals surface area contributed by atoms with Crippen molar-refractivity contribution in [2.45, 2.75) is 31.8 Å². The zero-order valence-electron chi connectivity index (χ0n) is 17.9. The second-order valence-corrected chi connectivity index (χ2v) is 8.18. The maximum atomic E-state index is 14.7. The van der Waals surface area contributed by atoms with Crippen LogP contribution in [0.3, 0.4) is 0 Å². The summed E-state index contributed by atoms with van der Waals surface area (Å²) in [5.74, 6) is -2.73. The van der Waals surface area contributed by atoms with Crippen molar-refractivity contribution in [3.8, 4) is 11.3 Å². The summed E-state index contributed by atoms with van der Waals surface area (Å²) < 4.78 is 51.3. The quantitative estimate of drug-likeness (QED) is 0.469. The Morgan fingerprint density at radius 3 is 2.70 bits per heavy atom. The predicted octanol–water partition coefficient (Wildman–Crippen LogP) is 3.85. The van der Waals surface area contributed by atoms with E-state index in [0.29, 0.717) is 25.1 Å². The highest BCUT2D eigenvalue weighted by Gasteiger charge is 2.29. The average molecular weight is 455 g/mol. The van der Waals surface area contributed by atoms with E-state index in [-0.39, 0.29) is 34.6 Å². The third-order valence-electron chi connectivity index (χ3n) is 5.93. The highest BCUT2D eigenvalue weighted by molar-refractivity contribution is 5.74. The van der Waals surface area contributed by atoms with Crippen LogP contribution in [-0.4, -0.2) is 30.8 Å². The van der Waals surface area contributed by atoms with Crippen molar-refractivity contribution in [3.05, 3.63) is 81.5 Å². The number of aryl methyl sites for hydroxylation is 2. The van der Waals surface area contributed by atoms with E-state index < -0.39 is 23.0 Å². The Morgan fingerprint density at radius 2 is 1.97 bits per heavy atom. The van der Waals surface area contributed by atoms with Gasteiger partial charge in [0.15, 0.2) is 5.65 Å². The van der Waals surface area contributed by atoms with Crippen molar-refractivity contribution in [2.75, 3.05) is 6.61 Å². The molecule has 4 heterocycles. The van der Waals surface area contributed by atoms with E-state index in [9.17, 15) is 18.0 Å². The van der Waals surface area contributed by atoms with Gasteiger partial charge in [-0.3, -0.25) is 13.9 Å². The van der Waals surface area contributed by atoms with Crippen LogP contribution >= 0.6 is 0 Å². The van der Waals surface area contributed by atoms with E-state index in [1.165, 1.54) is 19.2 Å². The van der Waals surface area contributed by atoms with Crippen LogP contribution in [0.5, 0.6) is 0 Å². The van der Waals surface area contributed by atoms with E-state index in [0.717, 1.165) is 22.1 Å². The molecular formula is C23H20F3N5O2. The lowest BCUT2D eigenvalue weighted by atomic mass is 9.90. The molecule has 0 saturated carbocycles. The van der Waals surface area contributed by atoms with E-state index in [1.807, 2.05) is 13.2 Å². The van der Waals surface area contributed by atoms with Crippen LogP contribution in [0, 0.1) is 24.4 Å². The number of ether oxygens (including phenoxy) is 1. The van der Waals surface area contributed by atoms with Gasteiger partial charge in [-0.05, 0) is 31.9 Å². The Kier molecular flexibility index (Phi) is 5.24. The normalized spacial score (nSPS) is 18.7. The molecule has 7 nitrogen and oxygen atoms in total. The van der Waals surface area contributed by atoms with Crippen molar-refractivity contribution in [1.29, 1.82) is 0 Å². The number of halogens is 3. The number of nitrogens with zero attached hydrogens (tertiary/aromatic N) is 5. The Morgan fingerprint density at radius 1 is 1.15 bits per heavy atom. The van der Waals surface area contributed by atoms with Crippen LogP contribution in [0.25, 0.3) is 16.9 Å². The molecule has 1 aliphatic heterocycles. The molecule has 3 aromatic heterocycles. The number of fused-ring (bicyclic) bond motifs is 1. The van der Waals surface area contributed by atoms with Crippen molar-refractivity contribution >= 4 is 5.65 Å². The van der Waals surface area contributed by atoms with Gasteiger partial charge in [0.05, 0.1) is 23.7 Å². The summed E-state index contributed by atoms with van der Waals surface area (Å²) >= 11 is 0. The van der Waals surface area contributed by atoms with Gasteiger partial charge >= 0.3 is 0 Å². The molecule has 1 aliphatic rings. The van der Waals surface area contributed by atoms with Crippen LogP contribution in [0.4, 0.5) is 13.2 Å². The lowest BCUT2D eigenvalue weighted by Crippen LogP contribution is -2.24. The Labute approximate surface area is 186 Å². The van der Waals surface area contributed by atoms with E-state index in [2.05, 4.69) is 15.1 Å². The van der Waals surface area contributed by atoms with Gasteiger partial charge in [0.2, 0.25) is 5.82 Å². The summed E-state index contributed by atoms with van der Waals surface area (Å²) in [6, 6.07) is 3.08. The minimum Gasteiger partial charge on any atom is -0.373 e. The van der Waals surface area contributed by atoms with E-state index >= 15 is 0 Å². The smallest absolute Gasteiger partial charge is 0.294 e. The highest BCUT2D eigenvalue weighted by atomic mass is 19.1. The Hall–Kier alpha value is -3.53. The van der Waals surface area contributed by atoms with Gasteiger partial charge in [-0.2, -0.15) is 9.49 Å². The molecule has 4 aromatic rings. The first-order valence-electron chi connectivity index (χ1n) is 10.5. The molecule has 0 unspecified atom stereocenters. The molecule has 5 rings (SSSR count). The number of benzene rings is 1. The standard InChI is InChI=1S/C23H20F3N5O2/c1-12-20(26)23(32)31-11-18(13-5-6-33-19(7-13)14-9-27-30(2)10-14)29-21(22(31)28-12)16-4-3-15(24)8-17(16)25/h3-4,8-11,13,19H,5-7H2,1-2H3/t13-,19+/m0/s1. The van der Waals surface area contributed by atoms with Gasteiger partial charge in [-0.1, -0.05) is 0 Å². The largest absolute Gasteiger partial charge is 0.373 e. The molecule has 0 N–H and O–H groups in total. The number of hydrogen-bond acceptors (Lipinski definition) is 5. The average Bonchev–Trinajstić information content (AvgIpc) is 3.24. The van der Waals surface area contributed by atoms with Crippen molar-refractivity contribution in [3.63, 3.8) is 0 Å². The van der Waals surface area contributed by atoms with Crippen LogP contribution in [0.1, 0.15) is 41.8 Å². The molecular weight excluding hydrogens is 435 g/mol. The predicted molar refractivity (Wildman–Crippen MR) is 113 cm³/mol. The van der Waals surface area contributed by atoms with Crippen LogP contribution in [0.15, 0.2) is 41.6 Å². The van der Waals surface area contributed by atoms with Gasteiger partial charge in [-0.25, -0.2) is 18.7 Å². The second-order valence-electron chi connectivity index (χ2n) is 8.18. The molecule has 0 radical (unpaired) electrons. The SMILES string of the molecule is Cc1nc2c(-c3ccc(F)cc3F)nc([C@H]3CCO[C@@H](c4cnn(C)c4)C3)cn2c(=O)c1F. The van der Waals surface area contributed by atoms with E-state index in [1.54, 1.807) is 10.9 Å². The third kappa shape index (κ3) is 3.80. The zero-order valence-corrected chi connectivity index (χ0v) is 17.9. The Balaban J connectivity index is 1.67. The monoisotopic (exact) mass is 455 g/mol. The molecule has 2 atom stereocenters. The molecule has 170 valence electrons. The first-order chi connectivity index (χ1) is 15.8. The number of rotatable bonds is 3. The fourth-order valence-corrected chi connectivity index (χ4v) is 4.21. The minimum atomic E-state index is -0.990. The van der Waals surface area contributed by atoms with Gasteiger partial charge in [0.25, 0.3) is 5.56 Å². The lowest BCUT2D eigenvalue weighted by Gasteiger charge is -2.29. The maximum absolute atomic E-state index is 14.7. The maximum Gasteiger partial charge on any atom is 0.294 e. The molecule has 1 fully saturated rings. The van der Waals surface area contributed by atoms with Gasteiger partial charge in [0, 0.05) is 49.2 Å². The molecule has 0 amide bonds. The highest BCUT2D eigenvalue weighted by Crippen LogP contribution is 2.37. The van der Waals surface area contributed by atoms with E-state index in [4.69, 9.17) is 4.74 Å². The molecule has 10 heteroatoms. The topological polar surface area (TPSA) is 74.3 Å². The van der Waals surface area contributed by atoms with Gasteiger partial charge in [0.1, 0.15) is 17.3 Å². The number of aromatic nitrogens is 5. The summed E-state index contributed by atoms with van der Waals surface area (Å²) in [7, 11) is 1.81. The summed E-state index contributed by atoms with van der Waals surface area (Å²) in [5.41, 5.74) is 0.392. The molecule has 0 bridgehead atoms. The second kappa shape index (κ2) is 8.11. The molecule has 0 spiro atoms. The number of hydrogen-bond donors (Lipinski definition) is 0. The first-order valence-corrected chi connectivity index (χ1v) is 10.5. The van der Waals surface area contributed by atoms with Crippen molar-refractivity contribution in [2.24, 2.45) is 7.05 Å². The summed E-state index contributed by atoms with van der Waals surface area (Å²) in [5, 5.41) is 4.18. The fourth-order valence-electron chi connectivity index (χ4n) is 4.21.